The van der Waals surface area contributed by atoms with Gasteiger partial charge in [0.1, 0.15) is 5.82 Å². The van der Waals surface area contributed by atoms with E-state index in [1.807, 2.05) is 16.7 Å². The van der Waals surface area contributed by atoms with Crippen LogP contribution < -0.4 is 9.73 Å². The Hall–Kier alpha value is -3.02. The van der Waals surface area contributed by atoms with Crippen molar-refractivity contribution >= 4 is 45.0 Å². The zero-order valence-corrected chi connectivity index (χ0v) is 22.7. The molecule has 0 atom stereocenters. The number of aromatic nitrogens is 2. The van der Waals surface area contributed by atoms with E-state index in [4.69, 9.17) is 23.2 Å². The second-order valence-corrected chi connectivity index (χ2v) is 11.9. The van der Waals surface area contributed by atoms with Crippen LogP contribution in [-0.2, 0) is 10.0 Å². The number of hydrogen-bond acceptors (Lipinski definition) is 6. The average Bonchev–Trinajstić information content (AvgIpc) is 2.85. The lowest BCUT2D eigenvalue weighted by Crippen LogP contribution is -2.67. The van der Waals surface area contributed by atoms with Crippen molar-refractivity contribution in [2.45, 2.75) is 36.6 Å². The van der Waals surface area contributed by atoms with Crippen molar-refractivity contribution in [3.63, 3.8) is 0 Å². The van der Waals surface area contributed by atoms with Gasteiger partial charge in [0.05, 0.1) is 38.4 Å². The van der Waals surface area contributed by atoms with E-state index < -0.39 is 27.2 Å². The molecule has 0 unspecified atom stereocenters. The second kappa shape index (κ2) is 10.3. The van der Waals surface area contributed by atoms with Crippen molar-refractivity contribution in [2.75, 3.05) is 24.5 Å². The topological polar surface area (TPSA) is 90.8 Å². The zero-order valence-electron chi connectivity index (χ0n) is 20.3. The van der Waals surface area contributed by atoms with Crippen molar-refractivity contribution in [1.29, 1.82) is 0 Å². The highest BCUT2D eigenvalue weighted by molar-refractivity contribution is 7.89. The second-order valence-electron chi connectivity index (χ2n) is 9.44. The number of nitrogens with one attached hydrogen (secondary N) is 1. The summed E-state index contributed by atoms with van der Waals surface area (Å²) in [6, 6.07) is 8.57. The molecule has 1 aromatic heterocycles. The van der Waals surface area contributed by atoms with Crippen molar-refractivity contribution in [3.05, 3.63) is 81.6 Å². The predicted octanol–water partition coefficient (Wildman–Crippen LogP) is 4.76. The van der Waals surface area contributed by atoms with E-state index in [1.54, 1.807) is 12.1 Å². The number of amidine groups is 1. The number of nitrogens with zero attached hydrogens (tertiary/aromatic N) is 5. The molecule has 1 aliphatic heterocycles. The van der Waals surface area contributed by atoms with Gasteiger partial charge in [-0.2, -0.15) is 13.2 Å². The summed E-state index contributed by atoms with van der Waals surface area (Å²) in [6.07, 6.45) is 4.71. The van der Waals surface area contributed by atoms with E-state index in [0.29, 0.717) is 25.6 Å². The summed E-state index contributed by atoms with van der Waals surface area (Å²) in [6.45, 7) is 3.16. The molecule has 1 N–H and O–H groups in total. The lowest BCUT2D eigenvalue weighted by molar-refractivity contribution is 0.0648. The van der Waals surface area contributed by atoms with E-state index in [-0.39, 0.29) is 26.3 Å². The highest BCUT2D eigenvalue weighted by atomic mass is 35.5. The van der Waals surface area contributed by atoms with Crippen LogP contribution in [0.5, 0.6) is 0 Å². The molecule has 1 saturated carbocycles. The van der Waals surface area contributed by atoms with Gasteiger partial charge in [0.15, 0.2) is 11.7 Å². The lowest BCUT2D eigenvalue weighted by atomic mass is 9.73. The minimum absolute atomic E-state index is 0.00190. The first kappa shape index (κ1) is 26.6. The van der Waals surface area contributed by atoms with Gasteiger partial charge in [0.2, 0.25) is 5.95 Å². The number of benzene rings is 2. The SMILES string of the molecule is Cc1ccc(S(=O)(=O)N/N=C(\c2c(Cl)cc(F)cc2Cl)N2CCN(c3ncc(F)cn3)CC23CCC3)cc1. The van der Waals surface area contributed by atoms with Crippen LogP contribution in [0.1, 0.15) is 30.4 Å². The first-order chi connectivity index (χ1) is 18.1. The smallest absolute Gasteiger partial charge is 0.276 e. The fourth-order valence-corrected chi connectivity index (χ4v) is 6.28. The zero-order chi connectivity index (χ0) is 27.1. The first-order valence-electron chi connectivity index (χ1n) is 11.9. The number of anilines is 1. The monoisotopic (exact) mass is 580 g/mol. The molecule has 1 saturated heterocycles. The van der Waals surface area contributed by atoms with E-state index in [0.717, 1.165) is 49.4 Å². The Morgan fingerprint density at radius 3 is 2.24 bits per heavy atom. The molecule has 1 aliphatic carbocycles. The fraction of sp³-hybridized carbons (Fsp3) is 0.320. The Kier molecular flexibility index (Phi) is 7.19. The highest BCUT2D eigenvalue weighted by Gasteiger charge is 2.49. The third kappa shape index (κ3) is 5.14. The number of halogens is 4. The van der Waals surface area contributed by atoms with E-state index >= 15 is 0 Å². The molecule has 0 bridgehead atoms. The molecule has 3 aromatic rings. The van der Waals surface area contributed by atoms with Crippen LogP contribution in [0.4, 0.5) is 14.7 Å². The number of aryl methyl sites for hydroxylation is 1. The van der Waals surface area contributed by atoms with Gasteiger partial charge in [0, 0.05) is 19.6 Å². The summed E-state index contributed by atoms with van der Waals surface area (Å²) in [5.74, 6) is -0.564. The van der Waals surface area contributed by atoms with Crippen LogP contribution in [0.2, 0.25) is 10.0 Å². The number of piperazine rings is 1. The standard InChI is InChI=1S/C25H24Cl2F2N6O2S/c1-16-3-5-19(6-4-16)38(36,37)33-32-23(22-20(26)11-17(28)12-21(22)27)35-10-9-34(15-25(35)7-2-8-25)24-30-13-18(29)14-31-24/h3-6,11-14,33H,2,7-10,15H2,1H3/b32-23+. The van der Waals surface area contributed by atoms with Gasteiger partial charge >= 0.3 is 0 Å². The van der Waals surface area contributed by atoms with Crippen LogP contribution >= 0.6 is 23.2 Å². The molecular formula is C25H24Cl2F2N6O2S. The Bertz CT molecular complexity index is 1460. The molecule has 2 aromatic carbocycles. The molecule has 13 heteroatoms. The molecule has 200 valence electrons. The first-order valence-corrected chi connectivity index (χ1v) is 14.1. The van der Waals surface area contributed by atoms with Gasteiger partial charge in [-0.05, 0) is 50.5 Å². The maximum Gasteiger partial charge on any atom is 0.276 e. The molecule has 2 heterocycles. The molecule has 5 rings (SSSR count). The summed E-state index contributed by atoms with van der Waals surface area (Å²) < 4.78 is 53.6. The molecule has 2 fully saturated rings. The Morgan fingerprint density at radius 1 is 1.03 bits per heavy atom. The summed E-state index contributed by atoms with van der Waals surface area (Å²) in [4.78, 5) is 14.5. The Labute approximate surface area is 229 Å². The van der Waals surface area contributed by atoms with Crippen LogP contribution in [0.3, 0.4) is 0 Å². The quantitative estimate of drug-likeness (QED) is 0.266. The molecule has 0 radical (unpaired) electrons. The highest BCUT2D eigenvalue weighted by Crippen LogP contribution is 2.43. The molecule has 38 heavy (non-hydrogen) atoms. The third-order valence-corrected chi connectivity index (χ3v) is 8.73. The minimum atomic E-state index is -4.03. The van der Waals surface area contributed by atoms with E-state index in [1.165, 1.54) is 12.1 Å². The van der Waals surface area contributed by atoms with Gasteiger partial charge < -0.3 is 9.80 Å². The lowest BCUT2D eigenvalue weighted by Gasteiger charge is -2.57. The normalized spacial score (nSPS) is 17.4. The number of hydrazone groups is 1. The van der Waals surface area contributed by atoms with Gasteiger partial charge in [0.25, 0.3) is 10.0 Å². The minimum Gasteiger partial charge on any atom is -0.345 e. The van der Waals surface area contributed by atoms with Crippen LogP contribution in [0.25, 0.3) is 0 Å². The Balaban J connectivity index is 1.54. The fourth-order valence-electron chi connectivity index (χ4n) is 4.84. The molecule has 8 nitrogen and oxygen atoms in total. The van der Waals surface area contributed by atoms with Crippen molar-refractivity contribution in [2.24, 2.45) is 5.10 Å². The van der Waals surface area contributed by atoms with Crippen molar-refractivity contribution in [1.82, 2.24) is 19.7 Å². The summed E-state index contributed by atoms with van der Waals surface area (Å²) in [5.41, 5.74) is 0.664. The van der Waals surface area contributed by atoms with Crippen LogP contribution in [0.15, 0.2) is 58.8 Å². The molecule has 0 amide bonds. The predicted molar refractivity (Wildman–Crippen MR) is 142 cm³/mol. The molecule has 2 aliphatic rings. The van der Waals surface area contributed by atoms with Crippen LogP contribution in [0, 0.1) is 18.6 Å². The van der Waals surface area contributed by atoms with Gasteiger partial charge in [-0.1, -0.05) is 40.9 Å². The summed E-state index contributed by atoms with van der Waals surface area (Å²) >= 11 is 12.9. The van der Waals surface area contributed by atoms with Crippen molar-refractivity contribution < 1.29 is 17.2 Å². The van der Waals surface area contributed by atoms with Gasteiger partial charge in [-0.15, -0.1) is 5.10 Å². The molecule has 1 spiro atoms. The van der Waals surface area contributed by atoms with E-state index in [2.05, 4.69) is 19.9 Å². The van der Waals surface area contributed by atoms with Gasteiger partial charge in [-0.25, -0.2) is 18.7 Å². The Morgan fingerprint density at radius 2 is 1.66 bits per heavy atom. The van der Waals surface area contributed by atoms with E-state index in [9.17, 15) is 17.2 Å². The number of sulfonamides is 1. The van der Waals surface area contributed by atoms with Crippen molar-refractivity contribution in [3.8, 4) is 0 Å². The largest absolute Gasteiger partial charge is 0.345 e. The van der Waals surface area contributed by atoms with Crippen LogP contribution in [-0.4, -0.2) is 54.3 Å². The number of rotatable bonds is 5. The average molecular weight is 581 g/mol. The number of hydrogen-bond donors (Lipinski definition) is 1. The summed E-state index contributed by atoms with van der Waals surface area (Å²) in [7, 11) is -4.03. The third-order valence-electron chi connectivity index (χ3n) is 6.91. The van der Waals surface area contributed by atoms with Gasteiger partial charge in [-0.3, -0.25) is 0 Å². The maximum atomic E-state index is 14.1. The summed E-state index contributed by atoms with van der Waals surface area (Å²) in [5, 5.41) is 4.34. The molecular weight excluding hydrogens is 557 g/mol. The maximum absolute atomic E-state index is 14.1.